The molecule has 1 amide bonds. The first kappa shape index (κ1) is 16.6. The summed E-state index contributed by atoms with van der Waals surface area (Å²) < 4.78 is 0. The lowest BCUT2D eigenvalue weighted by Gasteiger charge is -2.15. The third kappa shape index (κ3) is 4.12. The number of aromatic nitrogens is 4. The molecule has 2 aromatic rings. The van der Waals surface area contributed by atoms with E-state index in [1.807, 2.05) is 13.8 Å². The van der Waals surface area contributed by atoms with E-state index in [2.05, 4.69) is 25.5 Å². The fourth-order valence-electron chi connectivity index (χ4n) is 2.10. The van der Waals surface area contributed by atoms with Gasteiger partial charge in [0.25, 0.3) is 5.91 Å². The van der Waals surface area contributed by atoms with Gasteiger partial charge in [-0.2, -0.15) is 5.10 Å². The summed E-state index contributed by atoms with van der Waals surface area (Å²) in [5.41, 5.74) is 1.81. The van der Waals surface area contributed by atoms with E-state index >= 15 is 0 Å². The number of carboxylic acids is 1. The Morgan fingerprint density at radius 2 is 2.09 bits per heavy atom. The second-order valence-electron chi connectivity index (χ2n) is 5.52. The van der Waals surface area contributed by atoms with Crippen molar-refractivity contribution in [3.05, 3.63) is 41.2 Å². The highest BCUT2D eigenvalue weighted by atomic mass is 16.4. The van der Waals surface area contributed by atoms with Gasteiger partial charge < -0.3 is 10.4 Å². The molecular formula is C15H19N5O3. The van der Waals surface area contributed by atoms with Crippen LogP contribution in [-0.4, -0.2) is 43.2 Å². The number of carbonyl (C=O) groups is 2. The molecule has 0 saturated carbocycles. The molecule has 0 radical (unpaired) electrons. The summed E-state index contributed by atoms with van der Waals surface area (Å²) in [5, 5.41) is 18.0. The number of nitrogens with one attached hydrogen (secondary N) is 2. The molecule has 0 bridgehead atoms. The van der Waals surface area contributed by atoms with Gasteiger partial charge in [-0.3, -0.25) is 14.9 Å². The van der Waals surface area contributed by atoms with Gasteiger partial charge in [0.2, 0.25) is 0 Å². The van der Waals surface area contributed by atoms with Crippen molar-refractivity contribution in [1.29, 1.82) is 0 Å². The molecule has 1 unspecified atom stereocenters. The molecule has 0 aromatic carbocycles. The van der Waals surface area contributed by atoms with Crippen LogP contribution in [0.15, 0.2) is 18.5 Å². The summed E-state index contributed by atoms with van der Waals surface area (Å²) in [7, 11) is 0. The van der Waals surface area contributed by atoms with Gasteiger partial charge in [-0.25, -0.2) is 9.78 Å². The lowest BCUT2D eigenvalue weighted by atomic mass is 10.1. The summed E-state index contributed by atoms with van der Waals surface area (Å²) in [4.78, 5) is 31.9. The van der Waals surface area contributed by atoms with E-state index in [1.54, 1.807) is 19.1 Å². The van der Waals surface area contributed by atoms with Crippen molar-refractivity contribution in [1.82, 2.24) is 25.5 Å². The summed E-state index contributed by atoms with van der Waals surface area (Å²) in [6.07, 6.45) is 1.31. The summed E-state index contributed by atoms with van der Waals surface area (Å²) >= 11 is 0. The first-order chi connectivity index (χ1) is 10.9. The predicted octanol–water partition coefficient (Wildman–Crippen LogP) is 1.06. The second-order valence-corrected chi connectivity index (χ2v) is 5.52. The van der Waals surface area contributed by atoms with Crippen molar-refractivity contribution in [2.75, 3.05) is 0 Å². The van der Waals surface area contributed by atoms with Gasteiger partial charge in [0.05, 0.1) is 11.3 Å². The van der Waals surface area contributed by atoms with Gasteiger partial charge in [-0.15, -0.1) is 0 Å². The quantitative estimate of drug-likeness (QED) is 0.732. The summed E-state index contributed by atoms with van der Waals surface area (Å²) in [5.74, 6) is -0.969. The van der Waals surface area contributed by atoms with Crippen molar-refractivity contribution in [3.8, 4) is 0 Å². The molecule has 1 atom stereocenters. The zero-order valence-corrected chi connectivity index (χ0v) is 13.2. The van der Waals surface area contributed by atoms with Crippen LogP contribution in [0.4, 0.5) is 0 Å². The average molecular weight is 317 g/mol. The molecule has 2 aromatic heterocycles. The molecule has 122 valence electrons. The normalized spacial score (nSPS) is 12.2. The van der Waals surface area contributed by atoms with Crippen LogP contribution < -0.4 is 5.32 Å². The van der Waals surface area contributed by atoms with E-state index in [0.29, 0.717) is 17.1 Å². The Kier molecular flexibility index (Phi) is 5.05. The van der Waals surface area contributed by atoms with Gasteiger partial charge in [-0.1, -0.05) is 13.8 Å². The Balaban J connectivity index is 2.14. The lowest BCUT2D eigenvalue weighted by molar-refractivity contribution is -0.139. The largest absolute Gasteiger partial charge is 0.480 e. The molecule has 0 spiro atoms. The Morgan fingerprint density at radius 1 is 1.35 bits per heavy atom. The maximum absolute atomic E-state index is 12.3. The standard InChI is InChI=1S/C15H19N5O3/c1-8(2)11-5-4-10(9(3)18-11)14(21)19-12(15(22)23)6-13-16-7-17-20-13/h4-5,7-8,12H,6H2,1-3H3,(H,19,21)(H,22,23)(H,16,17,20). The molecule has 2 heterocycles. The van der Waals surface area contributed by atoms with Crippen molar-refractivity contribution >= 4 is 11.9 Å². The molecule has 0 aliphatic heterocycles. The number of aliphatic carboxylic acids is 1. The zero-order chi connectivity index (χ0) is 17.0. The number of aromatic amines is 1. The molecule has 8 nitrogen and oxygen atoms in total. The highest BCUT2D eigenvalue weighted by molar-refractivity contribution is 5.97. The number of carbonyl (C=O) groups excluding carboxylic acids is 1. The van der Waals surface area contributed by atoms with E-state index in [0.717, 1.165) is 5.69 Å². The van der Waals surface area contributed by atoms with E-state index < -0.39 is 17.9 Å². The van der Waals surface area contributed by atoms with E-state index in [-0.39, 0.29) is 12.3 Å². The Bertz CT molecular complexity index is 697. The van der Waals surface area contributed by atoms with Crippen molar-refractivity contribution in [3.63, 3.8) is 0 Å². The van der Waals surface area contributed by atoms with Crippen LogP contribution in [0.3, 0.4) is 0 Å². The fraction of sp³-hybridized carbons (Fsp3) is 0.400. The number of amides is 1. The average Bonchev–Trinajstić information content (AvgIpc) is 2.99. The number of carboxylic acid groups (broad SMARTS) is 1. The first-order valence-electron chi connectivity index (χ1n) is 7.24. The third-order valence-corrected chi connectivity index (χ3v) is 3.41. The van der Waals surface area contributed by atoms with Gasteiger partial charge in [0, 0.05) is 12.1 Å². The van der Waals surface area contributed by atoms with Crippen LogP contribution in [0, 0.1) is 6.92 Å². The van der Waals surface area contributed by atoms with Crippen LogP contribution in [0.1, 0.15) is 47.3 Å². The zero-order valence-electron chi connectivity index (χ0n) is 13.2. The Morgan fingerprint density at radius 3 is 2.61 bits per heavy atom. The highest BCUT2D eigenvalue weighted by Crippen LogP contribution is 2.14. The predicted molar refractivity (Wildman–Crippen MR) is 82.0 cm³/mol. The Hall–Kier alpha value is -2.77. The molecule has 0 aliphatic carbocycles. The molecule has 0 saturated heterocycles. The van der Waals surface area contributed by atoms with Crippen molar-refractivity contribution < 1.29 is 14.7 Å². The molecule has 23 heavy (non-hydrogen) atoms. The lowest BCUT2D eigenvalue weighted by Crippen LogP contribution is -2.42. The maximum Gasteiger partial charge on any atom is 0.326 e. The van der Waals surface area contributed by atoms with Gasteiger partial charge in [0.1, 0.15) is 18.2 Å². The number of H-pyrrole nitrogens is 1. The van der Waals surface area contributed by atoms with E-state index in [9.17, 15) is 14.7 Å². The molecule has 8 heteroatoms. The number of pyridine rings is 1. The van der Waals surface area contributed by atoms with Crippen LogP contribution in [0.25, 0.3) is 0 Å². The minimum Gasteiger partial charge on any atom is -0.480 e. The minimum absolute atomic E-state index is 0.0254. The Labute approximate surface area is 133 Å². The topological polar surface area (TPSA) is 121 Å². The number of nitrogens with zero attached hydrogens (tertiary/aromatic N) is 3. The monoisotopic (exact) mass is 317 g/mol. The molecule has 3 N–H and O–H groups in total. The van der Waals surface area contributed by atoms with Gasteiger partial charge in [0.15, 0.2) is 0 Å². The SMILES string of the molecule is Cc1nc(C(C)C)ccc1C(=O)NC(Cc1ncn[nH]1)C(=O)O. The number of aryl methyl sites for hydroxylation is 1. The smallest absolute Gasteiger partial charge is 0.326 e. The molecule has 0 fully saturated rings. The van der Waals surface area contributed by atoms with Crippen LogP contribution in [0.2, 0.25) is 0 Å². The summed E-state index contributed by atoms with van der Waals surface area (Å²) in [6, 6.07) is 2.35. The van der Waals surface area contributed by atoms with Crippen LogP contribution in [0.5, 0.6) is 0 Å². The highest BCUT2D eigenvalue weighted by Gasteiger charge is 2.23. The minimum atomic E-state index is -1.14. The molecular weight excluding hydrogens is 298 g/mol. The third-order valence-electron chi connectivity index (χ3n) is 3.41. The second kappa shape index (κ2) is 6.99. The first-order valence-corrected chi connectivity index (χ1v) is 7.24. The fourth-order valence-corrected chi connectivity index (χ4v) is 2.10. The van der Waals surface area contributed by atoms with E-state index in [1.165, 1.54) is 6.33 Å². The number of hydrogen-bond donors (Lipinski definition) is 3. The molecule has 2 rings (SSSR count). The maximum atomic E-state index is 12.3. The van der Waals surface area contributed by atoms with Crippen molar-refractivity contribution in [2.24, 2.45) is 0 Å². The number of rotatable bonds is 6. The van der Waals surface area contributed by atoms with Crippen LogP contribution >= 0.6 is 0 Å². The van der Waals surface area contributed by atoms with Crippen molar-refractivity contribution in [2.45, 2.75) is 39.2 Å². The van der Waals surface area contributed by atoms with Gasteiger partial charge in [-0.05, 0) is 25.0 Å². The summed E-state index contributed by atoms with van der Waals surface area (Å²) in [6.45, 7) is 5.76. The van der Waals surface area contributed by atoms with Crippen LogP contribution in [-0.2, 0) is 11.2 Å². The van der Waals surface area contributed by atoms with Gasteiger partial charge >= 0.3 is 5.97 Å². The molecule has 0 aliphatic rings. The van der Waals surface area contributed by atoms with E-state index in [4.69, 9.17) is 0 Å². The number of hydrogen-bond acceptors (Lipinski definition) is 5.